The van der Waals surface area contributed by atoms with Crippen LogP contribution in [-0.4, -0.2) is 35.0 Å². The molecule has 6 nitrogen and oxygen atoms in total. The highest BCUT2D eigenvalue weighted by atomic mass is 32.2. The quantitative estimate of drug-likeness (QED) is 0.351. The average Bonchev–Trinajstić information content (AvgIpc) is 3.39. The SMILES string of the molecule is O=C(/C=C/c1ccc2c(c1)OCO2)NCCSc1ncc(-c2ccc(F)cc2)[nH]1. The molecule has 3 aromatic rings. The van der Waals surface area contributed by atoms with Crippen molar-refractivity contribution in [2.24, 2.45) is 0 Å². The van der Waals surface area contributed by atoms with Crippen molar-refractivity contribution in [3.05, 3.63) is 66.1 Å². The smallest absolute Gasteiger partial charge is 0.244 e. The first kappa shape index (κ1) is 19.1. The highest BCUT2D eigenvalue weighted by molar-refractivity contribution is 7.99. The van der Waals surface area contributed by atoms with Gasteiger partial charge in [0.25, 0.3) is 0 Å². The Bertz CT molecular complexity index is 1030. The highest BCUT2D eigenvalue weighted by Crippen LogP contribution is 2.32. The Morgan fingerprint density at radius 1 is 1.21 bits per heavy atom. The number of halogens is 1. The minimum atomic E-state index is -0.272. The minimum absolute atomic E-state index is 0.172. The zero-order chi connectivity index (χ0) is 20.1. The highest BCUT2D eigenvalue weighted by Gasteiger charge is 2.12. The summed E-state index contributed by atoms with van der Waals surface area (Å²) >= 11 is 1.50. The largest absolute Gasteiger partial charge is 0.454 e. The normalized spacial score (nSPS) is 12.4. The van der Waals surface area contributed by atoms with Crippen molar-refractivity contribution in [2.45, 2.75) is 5.16 Å². The maximum Gasteiger partial charge on any atom is 0.244 e. The zero-order valence-corrected chi connectivity index (χ0v) is 16.2. The summed E-state index contributed by atoms with van der Waals surface area (Å²) in [5.74, 6) is 1.62. The number of aromatic nitrogens is 2. The third-order valence-electron chi connectivity index (χ3n) is 4.17. The maximum atomic E-state index is 13.0. The molecular formula is C21H18FN3O3S. The molecule has 0 atom stereocenters. The fourth-order valence-corrected chi connectivity index (χ4v) is 3.43. The molecule has 1 aromatic heterocycles. The molecule has 148 valence electrons. The first-order chi connectivity index (χ1) is 14.2. The summed E-state index contributed by atoms with van der Waals surface area (Å²) in [6, 6.07) is 11.7. The van der Waals surface area contributed by atoms with Gasteiger partial charge in [-0.05, 0) is 53.6 Å². The van der Waals surface area contributed by atoms with Crippen LogP contribution in [0.3, 0.4) is 0 Å². The van der Waals surface area contributed by atoms with Crippen LogP contribution >= 0.6 is 11.8 Å². The Morgan fingerprint density at radius 3 is 2.90 bits per heavy atom. The van der Waals surface area contributed by atoms with Gasteiger partial charge in [0.15, 0.2) is 16.7 Å². The van der Waals surface area contributed by atoms with Crippen molar-refractivity contribution in [1.29, 1.82) is 0 Å². The number of imidazole rings is 1. The van der Waals surface area contributed by atoms with Crippen molar-refractivity contribution < 1.29 is 18.7 Å². The second kappa shape index (κ2) is 8.83. The molecule has 29 heavy (non-hydrogen) atoms. The predicted octanol–water partition coefficient (Wildman–Crippen LogP) is 3.87. The van der Waals surface area contributed by atoms with Gasteiger partial charge in [0.05, 0.1) is 11.9 Å². The molecule has 0 unspecified atom stereocenters. The molecule has 2 aromatic carbocycles. The van der Waals surface area contributed by atoms with Gasteiger partial charge in [-0.1, -0.05) is 17.8 Å². The molecule has 2 N–H and O–H groups in total. The third-order valence-corrected chi connectivity index (χ3v) is 5.06. The summed E-state index contributed by atoms with van der Waals surface area (Å²) in [6.07, 6.45) is 4.93. The van der Waals surface area contributed by atoms with E-state index in [-0.39, 0.29) is 18.5 Å². The van der Waals surface area contributed by atoms with E-state index >= 15 is 0 Å². The van der Waals surface area contributed by atoms with Crippen LogP contribution in [0, 0.1) is 5.82 Å². The van der Waals surface area contributed by atoms with E-state index in [2.05, 4.69) is 15.3 Å². The van der Waals surface area contributed by atoms with E-state index in [0.29, 0.717) is 23.8 Å². The van der Waals surface area contributed by atoms with Crippen LogP contribution < -0.4 is 14.8 Å². The maximum absolute atomic E-state index is 13.0. The Morgan fingerprint density at radius 2 is 2.03 bits per heavy atom. The summed E-state index contributed by atoms with van der Waals surface area (Å²) in [6.45, 7) is 0.725. The number of nitrogens with one attached hydrogen (secondary N) is 2. The van der Waals surface area contributed by atoms with E-state index in [0.717, 1.165) is 22.0 Å². The number of hydrogen-bond donors (Lipinski definition) is 2. The van der Waals surface area contributed by atoms with E-state index in [4.69, 9.17) is 9.47 Å². The zero-order valence-electron chi connectivity index (χ0n) is 15.4. The number of carbonyl (C=O) groups is 1. The average molecular weight is 411 g/mol. The standard InChI is InChI=1S/C21H18FN3O3S/c22-16-5-3-15(4-6-16)17-12-24-21(25-17)29-10-9-23-20(26)8-2-14-1-7-18-19(11-14)28-13-27-18/h1-8,11-12H,9-10,13H2,(H,23,26)(H,24,25)/b8-2+. The molecule has 0 aliphatic carbocycles. The first-order valence-corrected chi connectivity index (χ1v) is 9.95. The topological polar surface area (TPSA) is 76.2 Å². The van der Waals surface area contributed by atoms with Gasteiger partial charge in [0.2, 0.25) is 12.7 Å². The van der Waals surface area contributed by atoms with Crippen LogP contribution in [0.25, 0.3) is 17.3 Å². The molecule has 0 saturated heterocycles. The van der Waals surface area contributed by atoms with Crippen molar-refractivity contribution >= 4 is 23.7 Å². The summed E-state index contributed by atoms with van der Waals surface area (Å²) in [5.41, 5.74) is 2.55. The number of ether oxygens (including phenoxy) is 2. The van der Waals surface area contributed by atoms with Crippen molar-refractivity contribution in [3.8, 4) is 22.8 Å². The fourth-order valence-electron chi connectivity index (χ4n) is 2.72. The lowest BCUT2D eigenvalue weighted by molar-refractivity contribution is -0.116. The number of thioether (sulfide) groups is 1. The number of amides is 1. The predicted molar refractivity (Wildman–Crippen MR) is 109 cm³/mol. The van der Waals surface area contributed by atoms with Gasteiger partial charge in [-0.25, -0.2) is 9.37 Å². The van der Waals surface area contributed by atoms with Crippen LogP contribution in [0.4, 0.5) is 4.39 Å². The molecular weight excluding hydrogens is 393 g/mol. The van der Waals surface area contributed by atoms with E-state index in [1.165, 1.54) is 30.0 Å². The van der Waals surface area contributed by atoms with E-state index in [9.17, 15) is 9.18 Å². The van der Waals surface area contributed by atoms with Gasteiger partial charge < -0.3 is 19.8 Å². The van der Waals surface area contributed by atoms with Gasteiger partial charge in [0.1, 0.15) is 5.82 Å². The van der Waals surface area contributed by atoms with E-state index in [1.54, 1.807) is 24.4 Å². The summed E-state index contributed by atoms with van der Waals surface area (Å²) in [5, 5.41) is 3.58. The number of fused-ring (bicyclic) bond motifs is 1. The lowest BCUT2D eigenvalue weighted by Crippen LogP contribution is -2.23. The Labute approximate surface area is 171 Å². The molecule has 0 radical (unpaired) electrons. The van der Waals surface area contributed by atoms with Crippen molar-refractivity contribution in [2.75, 3.05) is 19.1 Å². The molecule has 1 amide bonds. The number of H-pyrrole nitrogens is 1. The molecule has 1 aliphatic heterocycles. The van der Waals surface area contributed by atoms with Gasteiger partial charge >= 0.3 is 0 Å². The number of rotatable bonds is 7. The Hall–Kier alpha value is -3.26. The summed E-state index contributed by atoms with van der Waals surface area (Å²) in [7, 11) is 0. The molecule has 0 spiro atoms. The van der Waals surface area contributed by atoms with Crippen molar-refractivity contribution in [1.82, 2.24) is 15.3 Å². The van der Waals surface area contributed by atoms with Gasteiger partial charge in [-0.2, -0.15) is 0 Å². The Kier molecular flexibility index (Phi) is 5.81. The minimum Gasteiger partial charge on any atom is -0.454 e. The molecule has 0 saturated carbocycles. The van der Waals surface area contributed by atoms with Gasteiger partial charge in [0, 0.05) is 18.4 Å². The van der Waals surface area contributed by atoms with Gasteiger partial charge in [-0.3, -0.25) is 4.79 Å². The second-order valence-corrected chi connectivity index (χ2v) is 7.28. The van der Waals surface area contributed by atoms with Crippen LogP contribution in [0.1, 0.15) is 5.56 Å². The number of aromatic amines is 1. The molecule has 2 heterocycles. The molecule has 8 heteroatoms. The molecule has 0 fully saturated rings. The number of carbonyl (C=O) groups excluding carboxylic acids is 1. The van der Waals surface area contributed by atoms with Gasteiger partial charge in [-0.15, -0.1) is 0 Å². The molecule has 1 aliphatic rings. The van der Waals surface area contributed by atoms with E-state index < -0.39 is 0 Å². The van der Waals surface area contributed by atoms with Crippen LogP contribution in [0.5, 0.6) is 11.5 Å². The number of benzene rings is 2. The Balaban J connectivity index is 1.21. The van der Waals surface area contributed by atoms with Crippen LogP contribution in [0.15, 0.2) is 59.9 Å². The first-order valence-electron chi connectivity index (χ1n) is 8.97. The summed E-state index contributed by atoms with van der Waals surface area (Å²) in [4.78, 5) is 19.4. The summed E-state index contributed by atoms with van der Waals surface area (Å²) < 4.78 is 23.6. The molecule has 4 rings (SSSR count). The van der Waals surface area contributed by atoms with E-state index in [1.807, 2.05) is 18.2 Å². The van der Waals surface area contributed by atoms with Crippen LogP contribution in [-0.2, 0) is 4.79 Å². The second-order valence-electron chi connectivity index (χ2n) is 6.19. The number of hydrogen-bond acceptors (Lipinski definition) is 5. The van der Waals surface area contributed by atoms with Crippen LogP contribution in [0.2, 0.25) is 0 Å². The lowest BCUT2D eigenvalue weighted by atomic mass is 10.2. The lowest BCUT2D eigenvalue weighted by Gasteiger charge is -2.01. The monoisotopic (exact) mass is 411 g/mol. The third kappa shape index (κ3) is 4.97. The number of nitrogens with zero attached hydrogens (tertiary/aromatic N) is 1. The van der Waals surface area contributed by atoms with Crippen molar-refractivity contribution in [3.63, 3.8) is 0 Å². The molecule has 0 bridgehead atoms. The fraction of sp³-hybridized carbons (Fsp3) is 0.143.